The van der Waals surface area contributed by atoms with E-state index in [-0.39, 0.29) is 15.9 Å². The molecule has 0 saturated heterocycles. The molecule has 0 spiro atoms. The fourth-order valence-corrected chi connectivity index (χ4v) is 3.52. The fraction of sp³-hybridized carbons (Fsp3) is 0.222. The molecule has 0 amide bonds. The second kappa shape index (κ2) is 7.48. The molecular formula is C18H18N4O2S. The van der Waals surface area contributed by atoms with Crippen LogP contribution in [-0.4, -0.2) is 19.7 Å². The van der Waals surface area contributed by atoms with Crippen LogP contribution >= 0.6 is 11.8 Å². The van der Waals surface area contributed by atoms with Crippen LogP contribution in [0.5, 0.6) is 0 Å². The number of nitro benzene ring substituents is 1. The van der Waals surface area contributed by atoms with Gasteiger partial charge in [0.05, 0.1) is 11.5 Å². The molecule has 0 aliphatic heterocycles. The third-order valence-corrected chi connectivity index (χ3v) is 5.06. The first-order valence-corrected chi connectivity index (χ1v) is 8.77. The highest BCUT2D eigenvalue weighted by Gasteiger charge is 2.17. The zero-order valence-electron chi connectivity index (χ0n) is 14.0. The van der Waals surface area contributed by atoms with Crippen LogP contribution in [0.4, 0.5) is 5.69 Å². The highest BCUT2D eigenvalue weighted by atomic mass is 32.2. The molecule has 25 heavy (non-hydrogen) atoms. The van der Waals surface area contributed by atoms with Crippen LogP contribution in [0.2, 0.25) is 0 Å². The van der Waals surface area contributed by atoms with Crippen molar-refractivity contribution in [3.8, 4) is 0 Å². The molecule has 0 radical (unpaired) electrons. The smallest absolute Gasteiger partial charge is 0.269 e. The molecule has 1 aromatic heterocycles. The highest BCUT2D eigenvalue weighted by Crippen LogP contribution is 2.35. The SMILES string of the molecule is Cc1nnc(SC(C)c2cccc([N+](=O)[O-])c2)n1Cc1ccccc1. The van der Waals surface area contributed by atoms with Crippen molar-refractivity contribution in [1.29, 1.82) is 0 Å². The van der Waals surface area contributed by atoms with Gasteiger partial charge in [-0.1, -0.05) is 54.2 Å². The molecule has 2 aromatic carbocycles. The molecule has 0 fully saturated rings. The van der Waals surface area contributed by atoms with E-state index in [4.69, 9.17) is 0 Å². The summed E-state index contributed by atoms with van der Waals surface area (Å²) in [5.74, 6) is 0.845. The van der Waals surface area contributed by atoms with Gasteiger partial charge in [0.2, 0.25) is 0 Å². The molecular weight excluding hydrogens is 336 g/mol. The van der Waals surface area contributed by atoms with Crippen molar-refractivity contribution in [1.82, 2.24) is 14.8 Å². The first kappa shape index (κ1) is 17.2. The maximum Gasteiger partial charge on any atom is 0.269 e. The van der Waals surface area contributed by atoms with Gasteiger partial charge >= 0.3 is 0 Å². The number of nitrogens with zero attached hydrogens (tertiary/aromatic N) is 4. The first-order valence-electron chi connectivity index (χ1n) is 7.89. The Morgan fingerprint density at radius 1 is 1.16 bits per heavy atom. The van der Waals surface area contributed by atoms with Crippen molar-refractivity contribution in [2.75, 3.05) is 0 Å². The van der Waals surface area contributed by atoms with E-state index in [1.807, 2.05) is 38.1 Å². The minimum Gasteiger partial charge on any atom is -0.302 e. The summed E-state index contributed by atoms with van der Waals surface area (Å²) in [6, 6.07) is 16.9. The summed E-state index contributed by atoms with van der Waals surface area (Å²) in [4.78, 5) is 10.6. The molecule has 0 N–H and O–H groups in total. The molecule has 3 aromatic rings. The minimum absolute atomic E-state index is 0.0259. The van der Waals surface area contributed by atoms with E-state index >= 15 is 0 Å². The zero-order valence-corrected chi connectivity index (χ0v) is 14.8. The third-order valence-electron chi connectivity index (χ3n) is 3.92. The second-order valence-electron chi connectivity index (χ2n) is 5.71. The van der Waals surface area contributed by atoms with Crippen LogP contribution in [-0.2, 0) is 6.54 Å². The molecule has 1 heterocycles. The lowest BCUT2D eigenvalue weighted by Crippen LogP contribution is -2.04. The number of aromatic nitrogens is 3. The molecule has 0 saturated carbocycles. The molecule has 6 nitrogen and oxygen atoms in total. The van der Waals surface area contributed by atoms with Crippen molar-refractivity contribution in [3.63, 3.8) is 0 Å². The summed E-state index contributed by atoms with van der Waals surface area (Å²) in [5.41, 5.74) is 2.17. The Balaban J connectivity index is 1.81. The standard InChI is InChI=1S/C18H18N4O2S/c1-13(16-9-6-10-17(11-16)22(23)24)25-18-20-19-14(2)21(18)12-15-7-4-3-5-8-15/h3-11,13H,12H2,1-2H3. The van der Waals surface area contributed by atoms with E-state index in [2.05, 4.69) is 26.9 Å². The molecule has 3 rings (SSSR count). The maximum absolute atomic E-state index is 11.0. The molecule has 7 heteroatoms. The van der Waals surface area contributed by atoms with E-state index in [0.29, 0.717) is 6.54 Å². The Hall–Kier alpha value is -2.67. The van der Waals surface area contributed by atoms with Gasteiger partial charge in [0, 0.05) is 17.4 Å². The van der Waals surface area contributed by atoms with Crippen molar-refractivity contribution in [3.05, 3.63) is 81.7 Å². The fourth-order valence-electron chi connectivity index (χ4n) is 2.51. The van der Waals surface area contributed by atoms with Crippen molar-refractivity contribution in [2.24, 2.45) is 0 Å². The van der Waals surface area contributed by atoms with Crippen LogP contribution in [0.3, 0.4) is 0 Å². The van der Waals surface area contributed by atoms with Crippen LogP contribution < -0.4 is 0 Å². The lowest BCUT2D eigenvalue weighted by atomic mass is 10.1. The monoisotopic (exact) mass is 354 g/mol. The molecule has 128 valence electrons. The van der Waals surface area contributed by atoms with Gasteiger partial charge in [0.1, 0.15) is 5.82 Å². The summed E-state index contributed by atoms with van der Waals surface area (Å²) in [6.07, 6.45) is 0. The number of rotatable bonds is 6. The van der Waals surface area contributed by atoms with Crippen LogP contribution in [0, 0.1) is 17.0 Å². The van der Waals surface area contributed by atoms with E-state index < -0.39 is 0 Å². The molecule has 0 aliphatic carbocycles. The average molecular weight is 354 g/mol. The number of hydrogen-bond acceptors (Lipinski definition) is 5. The number of hydrogen-bond donors (Lipinski definition) is 0. The highest BCUT2D eigenvalue weighted by molar-refractivity contribution is 7.99. The quantitative estimate of drug-likeness (QED) is 0.373. The Kier molecular flexibility index (Phi) is 5.14. The summed E-state index contributed by atoms with van der Waals surface area (Å²) in [5, 5.41) is 20.3. The lowest BCUT2D eigenvalue weighted by Gasteiger charge is -2.13. The number of aryl methyl sites for hydroxylation is 1. The van der Waals surface area contributed by atoms with Gasteiger partial charge in [-0.15, -0.1) is 10.2 Å². The normalized spacial score (nSPS) is 12.1. The van der Waals surface area contributed by atoms with Gasteiger partial charge in [-0.3, -0.25) is 10.1 Å². The van der Waals surface area contributed by atoms with E-state index in [9.17, 15) is 10.1 Å². The van der Waals surface area contributed by atoms with Crippen LogP contribution in [0.15, 0.2) is 59.8 Å². The Morgan fingerprint density at radius 2 is 1.92 bits per heavy atom. The predicted molar refractivity (Wildman–Crippen MR) is 97.7 cm³/mol. The summed E-state index contributed by atoms with van der Waals surface area (Å²) < 4.78 is 2.06. The van der Waals surface area contributed by atoms with E-state index in [1.165, 1.54) is 11.6 Å². The van der Waals surface area contributed by atoms with Gasteiger partial charge in [0.25, 0.3) is 5.69 Å². The van der Waals surface area contributed by atoms with E-state index in [1.54, 1.807) is 23.9 Å². The Morgan fingerprint density at radius 3 is 2.64 bits per heavy atom. The van der Waals surface area contributed by atoms with E-state index in [0.717, 1.165) is 16.5 Å². The molecule has 1 unspecified atom stereocenters. The Bertz CT molecular complexity index is 880. The van der Waals surface area contributed by atoms with Gasteiger partial charge < -0.3 is 4.57 Å². The predicted octanol–water partition coefficient (Wildman–Crippen LogP) is 4.40. The maximum atomic E-state index is 11.0. The van der Waals surface area contributed by atoms with Gasteiger partial charge in [-0.25, -0.2) is 0 Å². The largest absolute Gasteiger partial charge is 0.302 e. The molecule has 0 bridgehead atoms. The lowest BCUT2D eigenvalue weighted by molar-refractivity contribution is -0.384. The number of non-ortho nitro benzene ring substituents is 1. The summed E-state index contributed by atoms with van der Waals surface area (Å²) in [6.45, 7) is 4.64. The van der Waals surface area contributed by atoms with Crippen molar-refractivity contribution < 1.29 is 4.92 Å². The number of thioether (sulfide) groups is 1. The summed E-state index contributed by atoms with van der Waals surface area (Å²) in [7, 11) is 0. The Labute approximate surface area is 150 Å². The van der Waals surface area contributed by atoms with Crippen molar-refractivity contribution in [2.45, 2.75) is 30.8 Å². The van der Waals surface area contributed by atoms with Crippen LogP contribution in [0.1, 0.15) is 29.1 Å². The molecule has 0 aliphatic rings. The van der Waals surface area contributed by atoms with Gasteiger partial charge in [0.15, 0.2) is 5.16 Å². The van der Waals surface area contributed by atoms with Crippen LogP contribution in [0.25, 0.3) is 0 Å². The van der Waals surface area contributed by atoms with Gasteiger partial charge in [-0.05, 0) is 25.0 Å². The number of nitro groups is 1. The first-order chi connectivity index (χ1) is 12.0. The number of benzene rings is 2. The minimum atomic E-state index is -0.372. The average Bonchev–Trinajstić information content (AvgIpc) is 2.96. The third kappa shape index (κ3) is 4.06. The zero-order chi connectivity index (χ0) is 17.8. The molecule has 1 atom stereocenters. The second-order valence-corrected chi connectivity index (χ2v) is 7.02. The van der Waals surface area contributed by atoms with Gasteiger partial charge in [-0.2, -0.15) is 0 Å². The summed E-state index contributed by atoms with van der Waals surface area (Å²) >= 11 is 1.55. The van der Waals surface area contributed by atoms with Crippen molar-refractivity contribution >= 4 is 17.4 Å². The topological polar surface area (TPSA) is 73.8 Å².